The fourth-order valence-corrected chi connectivity index (χ4v) is 1.51. The van der Waals surface area contributed by atoms with Crippen molar-refractivity contribution < 1.29 is 17.8 Å². The molecular weight excluding hydrogens is 216 g/mol. The van der Waals surface area contributed by atoms with E-state index < -0.39 is 10.1 Å². The molecule has 0 heterocycles. The van der Waals surface area contributed by atoms with E-state index in [0.717, 1.165) is 0 Å². The van der Waals surface area contributed by atoms with Gasteiger partial charge in [0.15, 0.2) is 5.78 Å². The molecule has 1 N–H and O–H groups in total. The molecule has 15 heavy (non-hydrogen) atoms. The molecule has 0 aromatic heterocycles. The number of Topliss-reactive ketones (excluding diaryl/α,β-unsaturated/α-hetero) is 1. The van der Waals surface area contributed by atoms with E-state index >= 15 is 0 Å². The fraction of sp³-hybridized carbons (Fsp3) is 0.100. The molecule has 0 saturated heterocycles. The zero-order chi connectivity index (χ0) is 11.6. The highest BCUT2D eigenvalue weighted by Gasteiger charge is 2.10. The average Bonchev–Trinajstić information content (AvgIpc) is 2.15. The summed E-state index contributed by atoms with van der Waals surface area (Å²) in [6, 6.07) is 5.29. The Balaban J connectivity index is 3.12. The summed E-state index contributed by atoms with van der Waals surface area (Å²) in [4.78, 5) is 10.8. The van der Waals surface area contributed by atoms with Gasteiger partial charge < -0.3 is 0 Å². The first-order valence-corrected chi connectivity index (χ1v) is 5.54. The maximum absolute atomic E-state index is 11.0. The largest absolute Gasteiger partial charge is 0.295 e. The van der Waals surface area contributed by atoms with Crippen molar-refractivity contribution in [2.75, 3.05) is 0 Å². The Morgan fingerprint density at radius 1 is 1.27 bits per heavy atom. The quantitative estimate of drug-likeness (QED) is 0.626. The van der Waals surface area contributed by atoms with E-state index in [2.05, 4.69) is 6.58 Å². The van der Waals surface area contributed by atoms with E-state index in [4.69, 9.17) is 4.55 Å². The van der Waals surface area contributed by atoms with E-state index in [1.54, 1.807) is 0 Å². The number of allylic oxidation sites excluding steroid dienone is 1. The molecule has 1 aromatic rings. The first kappa shape index (κ1) is 11.6. The SMILES string of the molecule is C=C(C(C)=O)c1ccc(S(=O)(=O)O)cc1. The first-order valence-electron chi connectivity index (χ1n) is 4.10. The van der Waals surface area contributed by atoms with Gasteiger partial charge in [-0.15, -0.1) is 0 Å². The van der Waals surface area contributed by atoms with Crippen molar-refractivity contribution in [3.8, 4) is 0 Å². The van der Waals surface area contributed by atoms with Gasteiger partial charge in [-0.25, -0.2) is 0 Å². The Bertz CT molecular complexity index is 497. The van der Waals surface area contributed by atoms with E-state index in [0.29, 0.717) is 11.1 Å². The summed E-state index contributed by atoms with van der Waals surface area (Å²) >= 11 is 0. The monoisotopic (exact) mass is 226 g/mol. The summed E-state index contributed by atoms with van der Waals surface area (Å²) in [5.41, 5.74) is 0.840. The zero-order valence-corrected chi connectivity index (χ0v) is 8.91. The lowest BCUT2D eigenvalue weighted by Crippen LogP contribution is -1.99. The van der Waals surface area contributed by atoms with Crippen molar-refractivity contribution in [3.05, 3.63) is 36.4 Å². The van der Waals surface area contributed by atoms with Crippen LogP contribution in [0.15, 0.2) is 35.7 Å². The van der Waals surface area contributed by atoms with Crippen molar-refractivity contribution in [3.63, 3.8) is 0 Å². The van der Waals surface area contributed by atoms with Crippen LogP contribution in [0.2, 0.25) is 0 Å². The van der Waals surface area contributed by atoms with Crippen LogP contribution in [-0.2, 0) is 14.9 Å². The zero-order valence-electron chi connectivity index (χ0n) is 8.10. The summed E-state index contributed by atoms with van der Waals surface area (Å²) in [5.74, 6) is -0.186. The van der Waals surface area contributed by atoms with E-state index in [1.807, 2.05) is 0 Å². The Kier molecular flexibility index (Phi) is 3.06. The minimum atomic E-state index is -4.18. The molecule has 0 fully saturated rings. The van der Waals surface area contributed by atoms with E-state index in [-0.39, 0.29) is 10.7 Å². The van der Waals surface area contributed by atoms with Crippen LogP contribution >= 0.6 is 0 Å². The molecule has 0 aliphatic rings. The summed E-state index contributed by atoms with van der Waals surface area (Å²) in [6.07, 6.45) is 0. The smallest absolute Gasteiger partial charge is 0.294 e. The minimum Gasteiger partial charge on any atom is -0.295 e. The molecule has 1 rings (SSSR count). The van der Waals surface area contributed by atoms with Gasteiger partial charge in [-0.2, -0.15) is 8.42 Å². The summed E-state index contributed by atoms with van der Waals surface area (Å²) < 4.78 is 30.1. The van der Waals surface area contributed by atoms with Gasteiger partial charge in [0.25, 0.3) is 10.1 Å². The third kappa shape index (κ3) is 2.74. The molecule has 4 nitrogen and oxygen atoms in total. The highest BCUT2D eigenvalue weighted by molar-refractivity contribution is 7.85. The Hall–Kier alpha value is -1.46. The Labute approximate surface area is 88.0 Å². The molecule has 0 aliphatic carbocycles. The number of ketones is 1. The van der Waals surface area contributed by atoms with Gasteiger partial charge in [0.2, 0.25) is 0 Å². The second-order valence-corrected chi connectivity index (χ2v) is 4.46. The third-order valence-electron chi connectivity index (χ3n) is 1.93. The van der Waals surface area contributed by atoms with Crippen LogP contribution in [0.1, 0.15) is 12.5 Å². The highest BCUT2D eigenvalue weighted by atomic mass is 32.2. The third-order valence-corrected chi connectivity index (χ3v) is 2.79. The fourth-order valence-electron chi connectivity index (χ4n) is 1.03. The van der Waals surface area contributed by atoms with Crippen molar-refractivity contribution in [2.45, 2.75) is 11.8 Å². The van der Waals surface area contributed by atoms with Crippen molar-refractivity contribution in [2.24, 2.45) is 0 Å². The van der Waals surface area contributed by atoms with Gasteiger partial charge in [-0.1, -0.05) is 18.7 Å². The molecule has 0 spiro atoms. The molecule has 0 atom stereocenters. The number of hydrogen-bond acceptors (Lipinski definition) is 3. The second kappa shape index (κ2) is 3.96. The van der Waals surface area contributed by atoms with Gasteiger partial charge in [0.05, 0.1) is 4.90 Å². The van der Waals surface area contributed by atoms with Crippen molar-refractivity contribution in [1.82, 2.24) is 0 Å². The van der Waals surface area contributed by atoms with Gasteiger partial charge >= 0.3 is 0 Å². The Morgan fingerprint density at radius 3 is 2.07 bits per heavy atom. The van der Waals surface area contributed by atoms with E-state index in [1.165, 1.54) is 31.2 Å². The van der Waals surface area contributed by atoms with Crippen LogP contribution in [0.4, 0.5) is 0 Å². The molecule has 0 bridgehead atoms. The molecule has 0 amide bonds. The highest BCUT2D eigenvalue weighted by Crippen LogP contribution is 2.16. The van der Waals surface area contributed by atoms with Gasteiger partial charge in [0.1, 0.15) is 0 Å². The normalized spacial score (nSPS) is 11.1. The average molecular weight is 226 g/mol. The van der Waals surface area contributed by atoms with Crippen LogP contribution in [-0.4, -0.2) is 18.8 Å². The van der Waals surface area contributed by atoms with Crippen molar-refractivity contribution >= 4 is 21.5 Å². The molecule has 0 unspecified atom stereocenters. The van der Waals surface area contributed by atoms with Gasteiger partial charge in [-0.05, 0) is 24.6 Å². The maximum Gasteiger partial charge on any atom is 0.294 e. The standard InChI is InChI=1S/C10H10O4S/c1-7(8(2)11)9-3-5-10(6-4-9)15(12,13)14/h3-6H,1H2,2H3,(H,12,13,14). The molecule has 0 saturated carbocycles. The maximum atomic E-state index is 11.0. The van der Waals surface area contributed by atoms with Crippen molar-refractivity contribution in [1.29, 1.82) is 0 Å². The molecule has 0 aliphatic heterocycles. The molecule has 0 radical (unpaired) electrons. The topological polar surface area (TPSA) is 71.4 Å². The number of benzene rings is 1. The minimum absolute atomic E-state index is 0.186. The van der Waals surface area contributed by atoms with Gasteiger partial charge in [-0.3, -0.25) is 9.35 Å². The predicted molar refractivity (Wildman–Crippen MR) is 56.0 cm³/mol. The summed E-state index contributed by atoms with van der Waals surface area (Å²) in [5, 5.41) is 0. The summed E-state index contributed by atoms with van der Waals surface area (Å²) in [7, 11) is -4.18. The molecule has 5 heteroatoms. The molecular formula is C10H10O4S. The molecule has 1 aromatic carbocycles. The van der Waals surface area contributed by atoms with Crippen LogP contribution in [0.5, 0.6) is 0 Å². The van der Waals surface area contributed by atoms with E-state index in [9.17, 15) is 13.2 Å². The lowest BCUT2D eigenvalue weighted by atomic mass is 10.1. The second-order valence-electron chi connectivity index (χ2n) is 3.03. The van der Waals surface area contributed by atoms with Crippen LogP contribution in [0.3, 0.4) is 0 Å². The number of carbonyl (C=O) groups is 1. The van der Waals surface area contributed by atoms with Crippen LogP contribution in [0.25, 0.3) is 5.57 Å². The van der Waals surface area contributed by atoms with Gasteiger partial charge in [0, 0.05) is 5.57 Å². The predicted octanol–water partition coefficient (Wildman–Crippen LogP) is 1.54. The number of rotatable bonds is 3. The lowest BCUT2D eigenvalue weighted by molar-refractivity contribution is -0.111. The lowest BCUT2D eigenvalue weighted by Gasteiger charge is -2.02. The van der Waals surface area contributed by atoms with Crippen LogP contribution < -0.4 is 0 Å². The summed E-state index contributed by atoms with van der Waals surface area (Å²) in [6.45, 7) is 4.93. The van der Waals surface area contributed by atoms with Crippen LogP contribution in [0, 0.1) is 0 Å². The molecule has 80 valence electrons. The number of hydrogen-bond donors (Lipinski definition) is 1. The number of carbonyl (C=O) groups excluding carboxylic acids is 1. The first-order chi connectivity index (χ1) is 6.82. The Morgan fingerprint density at radius 2 is 1.73 bits per heavy atom.